The molecule has 1 heterocycles. The summed E-state index contributed by atoms with van der Waals surface area (Å²) in [6.07, 6.45) is -4.67. The molecule has 1 atom stereocenters. The number of aromatic nitrogens is 2. The number of phenolic OH excluding ortho intramolecular Hbond substituents is 1. The van der Waals surface area contributed by atoms with Gasteiger partial charge in [-0.3, -0.25) is 0 Å². The van der Waals surface area contributed by atoms with Crippen LogP contribution >= 0.6 is 11.3 Å². The summed E-state index contributed by atoms with van der Waals surface area (Å²) in [4.78, 5) is 0. The van der Waals surface area contributed by atoms with E-state index >= 15 is 0 Å². The molecule has 0 aliphatic rings. The number of benzene rings is 1. The number of nitrogens with two attached hydrogens (primary N) is 1. The topological polar surface area (TPSA) is 92.3 Å². The van der Waals surface area contributed by atoms with Gasteiger partial charge >= 0.3 is 6.18 Å². The number of phenols is 1. The van der Waals surface area contributed by atoms with Crippen LogP contribution < -0.4 is 5.73 Å². The van der Waals surface area contributed by atoms with Crippen LogP contribution in [0.5, 0.6) is 5.75 Å². The third-order valence-electron chi connectivity index (χ3n) is 2.79. The first kappa shape index (κ1) is 15.7. The number of aliphatic hydroxyl groups excluding tert-OH is 1. The number of hydrogen-bond acceptors (Lipinski definition) is 6. The van der Waals surface area contributed by atoms with E-state index in [4.69, 9.17) is 10.8 Å². The maximum absolute atomic E-state index is 12.7. The zero-order valence-corrected chi connectivity index (χ0v) is 11.7. The smallest absolute Gasteiger partial charge is 0.419 e. The van der Waals surface area contributed by atoms with Gasteiger partial charge in [0.2, 0.25) is 0 Å². The highest BCUT2D eigenvalue weighted by molar-refractivity contribution is 7.14. The average Bonchev–Trinajstić information content (AvgIpc) is 2.88. The second-order valence-corrected chi connectivity index (χ2v) is 5.70. The second-order valence-electron chi connectivity index (χ2n) is 4.72. The fourth-order valence-electron chi connectivity index (χ4n) is 1.53. The molecule has 1 aromatic heterocycles. The molecule has 21 heavy (non-hydrogen) atoms. The summed E-state index contributed by atoms with van der Waals surface area (Å²) in [5.74, 6) is -0.852. The van der Waals surface area contributed by atoms with Gasteiger partial charge in [-0.1, -0.05) is 11.3 Å². The Morgan fingerprint density at radius 3 is 2.52 bits per heavy atom. The van der Waals surface area contributed by atoms with E-state index < -0.39 is 23.0 Å². The fraction of sp³-hybridized carbons (Fsp3) is 0.333. The van der Waals surface area contributed by atoms with Crippen LogP contribution in [0.4, 0.5) is 13.2 Å². The molecule has 4 N–H and O–H groups in total. The summed E-state index contributed by atoms with van der Waals surface area (Å²) in [6.45, 7) is 1.17. The highest BCUT2D eigenvalue weighted by atomic mass is 32.1. The van der Waals surface area contributed by atoms with Gasteiger partial charge in [0, 0.05) is 5.56 Å². The van der Waals surface area contributed by atoms with Gasteiger partial charge in [0.25, 0.3) is 0 Å². The van der Waals surface area contributed by atoms with E-state index in [-0.39, 0.29) is 17.2 Å². The Kier molecular flexibility index (Phi) is 3.91. The highest BCUT2D eigenvalue weighted by Crippen LogP contribution is 2.39. The maximum Gasteiger partial charge on any atom is 0.419 e. The monoisotopic (exact) mass is 319 g/mol. The molecule has 0 aliphatic heterocycles. The minimum Gasteiger partial charge on any atom is -0.507 e. The van der Waals surface area contributed by atoms with Crippen LogP contribution in [-0.2, 0) is 11.7 Å². The van der Waals surface area contributed by atoms with Crippen molar-refractivity contribution in [1.82, 2.24) is 10.2 Å². The molecule has 0 saturated heterocycles. The zero-order valence-electron chi connectivity index (χ0n) is 10.8. The van der Waals surface area contributed by atoms with Crippen molar-refractivity contribution in [2.45, 2.75) is 18.6 Å². The normalized spacial score (nSPS) is 15.0. The number of halogens is 3. The van der Waals surface area contributed by atoms with Crippen molar-refractivity contribution >= 4 is 11.3 Å². The van der Waals surface area contributed by atoms with E-state index in [2.05, 4.69) is 10.2 Å². The Bertz CT molecular complexity index is 655. The molecule has 0 bridgehead atoms. The number of rotatable bonds is 3. The lowest BCUT2D eigenvalue weighted by molar-refractivity contribution is -0.138. The van der Waals surface area contributed by atoms with Crippen molar-refractivity contribution in [3.63, 3.8) is 0 Å². The van der Waals surface area contributed by atoms with Crippen molar-refractivity contribution < 1.29 is 23.4 Å². The Hall–Kier alpha value is -1.71. The quantitative estimate of drug-likeness (QED) is 0.806. The van der Waals surface area contributed by atoms with Crippen LogP contribution in [0.1, 0.15) is 17.5 Å². The van der Waals surface area contributed by atoms with Gasteiger partial charge in [0.1, 0.15) is 15.8 Å². The molecular weight excluding hydrogens is 307 g/mol. The summed E-state index contributed by atoms with van der Waals surface area (Å²) in [7, 11) is 0. The van der Waals surface area contributed by atoms with E-state index in [1.54, 1.807) is 0 Å². The summed E-state index contributed by atoms with van der Waals surface area (Å²) < 4.78 is 38.2. The predicted octanol–water partition coefficient (Wildman–Crippen LogP) is 2.10. The zero-order chi connectivity index (χ0) is 15.8. The first-order chi connectivity index (χ1) is 9.65. The molecule has 9 heteroatoms. The summed E-state index contributed by atoms with van der Waals surface area (Å²) >= 11 is 0.986. The standard InChI is InChI=1S/C12H12F3N3O2S/c1-11(16,5-19)10-18-17-9(21-10)6-2-3-8(20)7(4-6)12(13,14)15/h2-4,19-20H,5,16H2,1H3. The lowest BCUT2D eigenvalue weighted by Gasteiger charge is -2.16. The molecule has 0 aliphatic carbocycles. The molecule has 1 aromatic carbocycles. The number of alkyl halides is 3. The number of aliphatic hydroxyl groups is 1. The van der Waals surface area contributed by atoms with E-state index in [1.165, 1.54) is 13.0 Å². The molecule has 2 aromatic rings. The Morgan fingerprint density at radius 2 is 1.95 bits per heavy atom. The first-order valence-corrected chi connectivity index (χ1v) is 6.61. The van der Waals surface area contributed by atoms with Gasteiger partial charge in [-0.2, -0.15) is 13.2 Å². The number of aromatic hydroxyl groups is 1. The Labute approximate surface area is 121 Å². The van der Waals surface area contributed by atoms with Crippen molar-refractivity contribution in [3.8, 4) is 16.3 Å². The largest absolute Gasteiger partial charge is 0.507 e. The molecule has 114 valence electrons. The molecule has 0 saturated carbocycles. The summed E-state index contributed by atoms with van der Waals surface area (Å²) in [5, 5.41) is 26.5. The Balaban J connectivity index is 2.44. The Morgan fingerprint density at radius 1 is 1.29 bits per heavy atom. The van der Waals surface area contributed by atoms with E-state index in [0.29, 0.717) is 5.01 Å². The minimum absolute atomic E-state index is 0.164. The molecule has 0 fully saturated rings. The lowest BCUT2D eigenvalue weighted by Crippen LogP contribution is -2.36. The van der Waals surface area contributed by atoms with Crippen molar-refractivity contribution in [1.29, 1.82) is 0 Å². The molecule has 5 nitrogen and oxygen atoms in total. The van der Waals surface area contributed by atoms with Crippen LogP contribution in [0.25, 0.3) is 10.6 Å². The predicted molar refractivity (Wildman–Crippen MR) is 70.6 cm³/mol. The van der Waals surface area contributed by atoms with Gasteiger partial charge in [0.05, 0.1) is 17.7 Å². The van der Waals surface area contributed by atoms with Gasteiger partial charge in [-0.25, -0.2) is 0 Å². The SMILES string of the molecule is CC(N)(CO)c1nnc(-c2ccc(O)c(C(F)(F)F)c2)s1. The number of hydrogen-bond donors (Lipinski definition) is 3. The molecular formula is C12H12F3N3O2S. The van der Waals surface area contributed by atoms with E-state index in [9.17, 15) is 18.3 Å². The maximum atomic E-state index is 12.7. The van der Waals surface area contributed by atoms with E-state index in [1.807, 2.05) is 0 Å². The van der Waals surface area contributed by atoms with Gasteiger partial charge in [-0.15, -0.1) is 10.2 Å². The summed E-state index contributed by atoms with van der Waals surface area (Å²) in [6, 6.07) is 3.06. The molecule has 2 rings (SSSR count). The van der Waals surface area contributed by atoms with Gasteiger partial charge in [-0.05, 0) is 25.1 Å². The van der Waals surface area contributed by atoms with Crippen LogP contribution in [-0.4, -0.2) is 27.0 Å². The molecule has 1 unspecified atom stereocenters. The third-order valence-corrected chi connectivity index (χ3v) is 4.04. The lowest BCUT2D eigenvalue weighted by atomic mass is 10.1. The molecule has 0 amide bonds. The molecule has 0 radical (unpaired) electrons. The minimum atomic E-state index is -4.67. The van der Waals surface area contributed by atoms with Crippen molar-refractivity contribution in [2.75, 3.05) is 6.61 Å². The van der Waals surface area contributed by atoms with Crippen LogP contribution in [0.3, 0.4) is 0 Å². The first-order valence-electron chi connectivity index (χ1n) is 5.79. The third kappa shape index (κ3) is 3.14. The van der Waals surface area contributed by atoms with Crippen LogP contribution in [0.2, 0.25) is 0 Å². The van der Waals surface area contributed by atoms with Crippen molar-refractivity contribution in [3.05, 3.63) is 28.8 Å². The average molecular weight is 319 g/mol. The van der Waals surface area contributed by atoms with Gasteiger partial charge in [0.15, 0.2) is 0 Å². The second kappa shape index (κ2) is 5.24. The highest BCUT2D eigenvalue weighted by Gasteiger charge is 2.34. The van der Waals surface area contributed by atoms with Crippen molar-refractivity contribution in [2.24, 2.45) is 5.73 Å². The van der Waals surface area contributed by atoms with Crippen LogP contribution in [0.15, 0.2) is 18.2 Å². The van der Waals surface area contributed by atoms with Crippen LogP contribution in [0, 0.1) is 0 Å². The summed E-state index contributed by atoms with van der Waals surface area (Å²) in [5.41, 5.74) is 3.70. The van der Waals surface area contributed by atoms with E-state index in [0.717, 1.165) is 23.5 Å². The van der Waals surface area contributed by atoms with Gasteiger partial charge < -0.3 is 15.9 Å². The number of nitrogens with zero attached hydrogens (tertiary/aromatic N) is 2. The fourth-order valence-corrected chi connectivity index (χ4v) is 2.42. The molecule has 0 spiro atoms.